The molecule has 170 valence electrons. The van der Waals surface area contributed by atoms with Crippen molar-refractivity contribution in [3.63, 3.8) is 0 Å². The zero-order valence-corrected chi connectivity index (χ0v) is 18.2. The first-order chi connectivity index (χ1) is 13.5. The first-order valence-electron chi connectivity index (χ1n) is 10.3. The van der Waals surface area contributed by atoms with E-state index in [-0.39, 0.29) is 50.8 Å². The summed E-state index contributed by atoms with van der Waals surface area (Å²) in [6.07, 6.45) is 1.79. The van der Waals surface area contributed by atoms with Crippen molar-refractivity contribution in [1.29, 1.82) is 0 Å². The van der Waals surface area contributed by atoms with Gasteiger partial charge in [-0.1, -0.05) is 6.92 Å². The van der Waals surface area contributed by atoms with Gasteiger partial charge in [-0.05, 0) is 46.0 Å². The first kappa shape index (κ1) is 25.7. The molecule has 0 saturated carbocycles. The van der Waals surface area contributed by atoms with E-state index in [2.05, 4.69) is 0 Å². The molecule has 4 N–H and O–H groups in total. The number of amides is 1. The molecule has 0 aromatic rings. The van der Waals surface area contributed by atoms with Gasteiger partial charge in [-0.3, -0.25) is 18.9 Å². The number of nitrogens with zero attached hydrogens (tertiary/aromatic N) is 1. The van der Waals surface area contributed by atoms with Crippen LogP contribution < -0.4 is 11.5 Å². The summed E-state index contributed by atoms with van der Waals surface area (Å²) in [6.45, 7) is 7.79. The number of carbonyl (C=O) groups is 2. The summed E-state index contributed by atoms with van der Waals surface area (Å²) in [4.78, 5) is 25.8. The minimum absolute atomic E-state index is 0.0298. The van der Waals surface area contributed by atoms with Gasteiger partial charge in [0.1, 0.15) is 5.60 Å². The Morgan fingerprint density at radius 3 is 2.59 bits per heavy atom. The molecule has 0 aliphatic carbocycles. The quantitative estimate of drug-likeness (QED) is 0.362. The number of hydrogen-bond acceptors (Lipinski definition) is 7. The molecule has 1 heterocycles. The third-order valence-corrected chi connectivity index (χ3v) is 4.65. The van der Waals surface area contributed by atoms with Gasteiger partial charge in [-0.25, -0.2) is 0 Å². The Hall–Kier alpha value is -1.29. The van der Waals surface area contributed by atoms with E-state index in [1.807, 2.05) is 0 Å². The van der Waals surface area contributed by atoms with Gasteiger partial charge in [0.15, 0.2) is 0 Å². The summed E-state index contributed by atoms with van der Waals surface area (Å²) in [5.74, 6) is -1.31. The third-order valence-electron chi connectivity index (χ3n) is 4.65. The molecule has 1 amide bonds. The fraction of sp³-hybridized carbons (Fsp3) is 0.900. The van der Waals surface area contributed by atoms with Crippen LogP contribution in [0, 0.1) is 5.92 Å². The maximum absolute atomic E-state index is 13.1. The van der Waals surface area contributed by atoms with Gasteiger partial charge in [-0.2, -0.15) is 0 Å². The SMILES string of the molecule is CC(CF)CN(COC[C@H]1OCCC[C@@H]1N)[C@@H](CCC(=O)OC(C)(C)C)C(N)=O. The molecule has 0 bridgehead atoms. The predicted molar refractivity (Wildman–Crippen MR) is 108 cm³/mol. The molecular formula is C20H38FN3O5. The van der Waals surface area contributed by atoms with Crippen molar-refractivity contribution >= 4 is 11.9 Å². The smallest absolute Gasteiger partial charge is 0.306 e. The van der Waals surface area contributed by atoms with Crippen molar-refractivity contribution in [2.45, 2.75) is 77.2 Å². The summed E-state index contributed by atoms with van der Waals surface area (Å²) in [5.41, 5.74) is 11.0. The molecular weight excluding hydrogens is 381 g/mol. The standard InChI is InChI=1S/C20H38FN3O5/c1-14(10-21)11-24(13-27-12-17-15(22)6-5-9-28-17)16(19(23)26)7-8-18(25)29-20(2,3)4/h14-17H,5-13,22H2,1-4H3,(H2,23,26)/t14?,15-,16-,17+/m0/s1. The second kappa shape index (κ2) is 12.4. The Balaban J connectivity index is 2.68. The number of halogens is 1. The molecule has 1 fully saturated rings. The maximum Gasteiger partial charge on any atom is 0.306 e. The monoisotopic (exact) mass is 419 g/mol. The normalized spacial score (nSPS) is 22.3. The van der Waals surface area contributed by atoms with E-state index in [1.54, 1.807) is 32.6 Å². The molecule has 0 aromatic heterocycles. The average molecular weight is 420 g/mol. The number of hydrogen-bond donors (Lipinski definition) is 2. The number of carbonyl (C=O) groups excluding carboxylic acids is 2. The minimum Gasteiger partial charge on any atom is -0.460 e. The molecule has 0 spiro atoms. The fourth-order valence-corrected chi connectivity index (χ4v) is 3.19. The van der Waals surface area contributed by atoms with Gasteiger partial charge in [-0.15, -0.1) is 0 Å². The number of nitrogens with two attached hydrogens (primary N) is 2. The van der Waals surface area contributed by atoms with Crippen LogP contribution in [0.3, 0.4) is 0 Å². The highest BCUT2D eigenvalue weighted by atomic mass is 19.1. The highest BCUT2D eigenvalue weighted by Crippen LogP contribution is 2.16. The topological polar surface area (TPSA) is 117 Å². The number of rotatable bonds is 12. The van der Waals surface area contributed by atoms with E-state index in [9.17, 15) is 14.0 Å². The molecule has 4 atom stereocenters. The molecule has 8 nitrogen and oxygen atoms in total. The summed E-state index contributed by atoms with van der Waals surface area (Å²) in [7, 11) is 0. The summed E-state index contributed by atoms with van der Waals surface area (Å²) < 4.78 is 29.7. The van der Waals surface area contributed by atoms with Gasteiger partial charge >= 0.3 is 5.97 Å². The Morgan fingerprint density at radius 2 is 2.03 bits per heavy atom. The molecule has 1 saturated heterocycles. The Morgan fingerprint density at radius 1 is 1.34 bits per heavy atom. The van der Waals surface area contributed by atoms with Crippen LogP contribution in [-0.2, 0) is 23.8 Å². The summed E-state index contributed by atoms with van der Waals surface area (Å²) in [6, 6.07) is -0.862. The van der Waals surface area contributed by atoms with Crippen molar-refractivity contribution in [3.8, 4) is 0 Å². The van der Waals surface area contributed by atoms with Crippen LogP contribution in [0.4, 0.5) is 4.39 Å². The van der Waals surface area contributed by atoms with Crippen LogP contribution in [0.25, 0.3) is 0 Å². The highest BCUT2D eigenvalue weighted by Gasteiger charge is 2.29. The van der Waals surface area contributed by atoms with E-state index < -0.39 is 30.2 Å². The van der Waals surface area contributed by atoms with Crippen LogP contribution >= 0.6 is 0 Å². The number of primary amides is 1. The Bertz CT molecular complexity index is 515. The van der Waals surface area contributed by atoms with Gasteiger partial charge in [0.05, 0.1) is 32.2 Å². The van der Waals surface area contributed by atoms with E-state index in [0.29, 0.717) is 6.61 Å². The van der Waals surface area contributed by atoms with Crippen molar-refractivity contribution in [2.24, 2.45) is 17.4 Å². The number of alkyl halides is 1. The Labute approximate surface area is 173 Å². The maximum atomic E-state index is 13.1. The molecule has 0 radical (unpaired) electrons. The van der Waals surface area contributed by atoms with Crippen LogP contribution in [-0.4, -0.2) is 73.7 Å². The van der Waals surface area contributed by atoms with E-state index in [4.69, 9.17) is 25.7 Å². The van der Waals surface area contributed by atoms with Crippen LogP contribution in [0.2, 0.25) is 0 Å². The third kappa shape index (κ3) is 10.3. The lowest BCUT2D eigenvalue weighted by Gasteiger charge is -2.33. The zero-order valence-electron chi connectivity index (χ0n) is 18.2. The van der Waals surface area contributed by atoms with Crippen LogP contribution in [0.1, 0.15) is 53.4 Å². The van der Waals surface area contributed by atoms with Crippen LogP contribution in [0.5, 0.6) is 0 Å². The van der Waals surface area contributed by atoms with Crippen molar-refractivity contribution in [1.82, 2.24) is 4.90 Å². The second-order valence-electron chi connectivity index (χ2n) is 8.79. The predicted octanol–water partition coefficient (Wildman–Crippen LogP) is 1.35. The molecule has 1 aliphatic heterocycles. The largest absolute Gasteiger partial charge is 0.460 e. The summed E-state index contributed by atoms with van der Waals surface area (Å²) >= 11 is 0. The first-order valence-corrected chi connectivity index (χ1v) is 10.3. The molecule has 1 unspecified atom stereocenters. The van der Waals surface area contributed by atoms with Crippen molar-refractivity contribution in [2.75, 3.05) is 33.2 Å². The molecule has 0 aromatic carbocycles. The average Bonchev–Trinajstić information content (AvgIpc) is 2.61. The van der Waals surface area contributed by atoms with E-state index in [1.165, 1.54) is 0 Å². The lowest BCUT2D eigenvalue weighted by atomic mass is 10.0. The zero-order chi connectivity index (χ0) is 22.0. The lowest BCUT2D eigenvalue weighted by molar-refractivity contribution is -0.155. The highest BCUT2D eigenvalue weighted by molar-refractivity contribution is 5.80. The minimum atomic E-state index is -0.766. The second-order valence-corrected chi connectivity index (χ2v) is 8.79. The van der Waals surface area contributed by atoms with Crippen LogP contribution in [0.15, 0.2) is 0 Å². The van der Waals surface area contributed by atoms with E-state index >= 15 is 0 Å². The fourth-order valence-electron chi connectivity index (χ4n) is 3.19. The van der Waals surface area contributed by atoms with Gasteiger partial charge in [0.2, 0.25) is 5.91 Å². The molecule has 29 heavy (non-hydrogen) atoms. The van der Waals surface area contributed by atoms with Gasteiger partial charge < -0.3 is 25.7 Å². The molecule has 9 heteroatoms. The van der Waals surface area contributed by atoms with Gasteiger partial charge in [0, 0.05) is 25.6 Å². The number of ether oxygens (including phenoxy) is 3. The number of esters is 1. The van der Waals surface area contributed by atoms with Crippen molar-refractivity contribution in [3.05, 3.63) is 0 Å². The summed E-state index contributed by atoms with van der Waals surface area (Å²) in [5, 5.41) is 0. The Kier molecular flexibility index (Phi) is 11.0. The van der Waals surface area contributed by atoms with Crippen molar-refractivity contribution < 1.29 is 28.2 Å². The molecule has 1 rings (SSSR count). The molecule has 1 aliphatic rings. The van der Waals surface area contributed by atoms with E-state index in [0.717, 1.165) is 12.8 Å². The van der Waals surface area contributed by atoms with Gasteiger partial charge in [0.25, 0.3) is 0 Å². The lowest BCUT2D eigenvalue weighted by Crippen LogP contribution is -2.49.